The zero-order valence-corrected chi connectivity index (χ0v) is 12.6. The first kappa shape index (κ1) is 14.2. The molecule has 112 valence electrons. The number of nitrogens with two attached hydrogens (primary N) is 1. The summed E-state index contributed by atoms with van der Waals surface area (Å²) < 4.78 is 0. The Morgan fingerprint density at radius 1 is 1.09 bits per heavy atom. The molecule has 0 fully saturated rings. The smallest absolute Gasteiger partial charge is 0.193 e. The third kappa shape index (κ3) is 3.11. The van der Waals surface area contributed by atoms with E-state index in [1.807, 2.05) is 36.4 Å². The van der Waals surface area contributed by atoms with Crippen molar-refractivity contribution in [2.45, 2.75) is 13.3 Å². The van der Waals surface area contributed by atoms with E-state index in [1.165, 1.54) is 22.2 Å². The van der Waals surface area contributed by atoms with E-state index in [2.05, 4.69) is 40.4 Å². The Labute approximate surface area is 130 Å². The number of para-hydroxylation sites is 2. The molecule has 0 bridgehead atoms. The van der Waals surface area contributed by atoms with Crippen LogP contribution in [0.25, 0.3) is 10.9 Å². The van der Waals surface area contributed by atoms with Gasteiger partial charge in [0.25, 0.3) is 0 Å². The summed E-state index contributed by atoms with van der Waals surface area (Å²) in [5.41, 5.74) is 10.6. The van der Waals surface area contributed by atoms with Gasteiger partial charge in [-0.3, -0.25) is 4.99 Å². The molecule has 0 saturated heterocycles. The molecule has 3 aromatic rings. The van der Waals surface area contributed by atoms with E-state index in [4.69, 9.17) is 5.73 Å². The lowest BCUT2D eigenvalue weighted by molar-refractivity contribution is 0.959. The van der Waals surface area contributed by atoms with Crippen molar-refractivity contribution >= 4 is 22.5 Å². The highest BCUT2D eigenvalue weighted by Crippen LogP contribution is 2.22. The maximum atomic E-state index is 5.93. The fourth-order valence-electron chi connectivity index (χ4n) is 2.65. The SMILES string of the molecule is Cc1[nH]c2ccccc2c1CCN=C(N)Nc1ccccc1. The second-order valence-electron chi connectivity index (χ2n) is 5.28. The Morgan fingerprint density at radius 2 is 1.82 bits per heavy atom. The molecule has 0 amide bonds. The van der Waals surface area contributed by atoms with Gasteiger partial charge in [-0.1, -0.05) is 36.4 Å². The summed E-state index contributed by atoms with van der Waals surface area (Å²) in [6, 6.07) is 18.2. The first-order valence-corrected chi connectivity index (χ1v) is 7.42. The highest BCUT2D eigenvalue weighted by atomic mass is 15.1. The Morgan fingerprint density at radius 3 is 2.64 bits per heavy atom. The van der Waals surface area contributed by atoms with Crippen LogP contribution in [0.3, 0.4) is 0 Å². The molecule has 0 unspecified atom stereocenters. The quantitative estimate of drug-likeness (QED) is 0.509. The maximum absolute atomic E-state index is 5.93. The van der Waals surface area contributed by atoms with Crippen molar-refractivity contribution in [3.63, 3.8) is 0 Å². The molecule has 2 aromatic carbocycles. The summed E-state index contributed by atoms with van der Waals surface area (Å²) in [7, 11) is 0. The number of rotatable bonds is 4. The van der Waals surface area contributed by atoms with Crippen LogP contribution in [0.4, 0.5) is 5.69 Å². The van der Waals surface area contributed by atoms with E-state index >= 15 is 0 Å². The van der Waals surface area contributed by atoms with Gasteiger partial charge in [0, 0.05) is 28.8 Å². The molecule has 22 heavy (non-hydrogen) atoms. The molecule has 4 N–H and O–H groups in total. The van der Waals surface area contributed by atoms with E-state index in [9.17, 15) is 0 Å². The molecule has 1 aromatic heterocycles. The number of benzene rings is 2. The topological polar surface area (TPSA) is 66.2 Å². The van der Waals surface area contributed by atoms with Crippen molar-refractivity contribution in [2.24, 2.45) is 10.7 Å². The van der Waals surface area contributed by atoms with E-state index < -0.39 is 0 Å². The predicted molar refractivity (Wildman–Crippen MR) is 93.3 cm³/mol. The predicted octanol–water partition coefficient (Wildman–Crippen LogP) is 3.45. The second-order valence-corrected chi connectivity index (χ2v) is 5.28. The van der Waals surface area contributed by atoms with Crippen LogP contribution in [0.1, 0.15) is 11.3 Å². The third-order valence-electron chi connectivity index (χ3n) is 3.72. The molecule has 1 heterocycles. The van der Waals surface area contributed by atoms with E-state index in [-0.39, 0.29) is 0 Å². The number of fused-ring (bicyclic) bond motifs is 1. The Hall–Kier alpha value is -2.75. The molecule has 0 aliphatic carbocycles. The first-order chi connectivity index (χ1) is 10.7. The van der Waals surface area contributed by atoms with Crippen molar-refractivity contribution in [2.75, 3.05) is 11.9 Å². The molecule has 0 aliphatic rings. The molecule has 0 atom stereocenters. The minimum atomic E-state index is 0.448. The van der Waals surface area contributed by atoms with Crippen LogP contribution in [-0.2, 0) is 6.42 Å². The van der Waals surface area contributed by atoms with Crippen LogP contribution < -0.4 is 11.1 Å². The van der Waals surface area contributed by atoms with Crippen LogP contribution in [0, 0.1) is 6.92 Å². The molecule has 0 saturated carbocycles. The van der Waals surface area contributed by atoms with Gasteiger partial charge in [-0.05, 0) is 37.1 Å². The number of guanidine groups is 1. The summed E-state index contributed by atoms with van der Waals surface area (Å²) in [6.45, 7) is 2.76. The summed E-state index contributed by atoms with van der Waals surface area (Å²) in [5.74, 6) is 0.448. The van der Waals surface area contributed by atoms with E-state index in [0.29, 0.717) is 12.5 Å². The van der Waals surface area contributed by atoms with Gasteiger partial charge in [0.15, 0.2) is 5.96 Å². The molecule has 4 nitrogen and oxygen atoms in total. The van der Waals surface area contributed by atoms with Crippen LogP contribution >= 0.6 is 0 Å². The normalized spacial score (nSPS) is 11.8. The number of hydrogen-bond donors (Lipinski definition) is 3. The number of aryl methyl sites for hydroxylation is 1. The fraction of sp³-hybridized carbons (Fsp3) is 0.167. The molecule has 3 rings (SSSR count). The van der Waals surface area contributed by atoms with E-state index in [0.717, 1.165) is 12.1 Å². The van der Waals surface area contributed by atoms with Gasteiger partial charge in [-0.15, -0.1) is 0 Å². The number of anilines is 1. The van der Waals surface area contributed by atoms with Gasteiger partial charge in [0.05, 0.1) is 0 Å². The minimum absolute atomic E-state index is 0.448. The lowest BCUT2D eigenvalue weighted by Gasteiger charge is -2.05. The summed E-state index contributed by atoms with van der Waals surface area (Å²) in [4.78, 5) is 7.82. The molecule has 0 spiro atoms. The number of nitrogens with one attached hydrogen (secondary N) is 2. The average molecular weight is 292 g/mol. The monoisotopic (exact) mass is 292 g/mol. The van der Waals surface area contributed by atoms with Crippen molar-refractivity contribution in [1.29, 1.82) is 0 Å². The third-order valence-corrected chi connectivity index (χ3v) is 3.72. The minimum Gasteiger partial charge on any atom is -0.370 e. The standard InChI is InChI=1S/C18H20N4/c1-13-15(16-9-5-6-10-17(16)21-13)11-12-20-18(19)22-14-7-3-2-4-8-14/h2-10,21H,11-12H2,1H3,(H3,19,20,22). The zero-order valence-electron chi connectivity index (χ0n) is 12.6. The van der Waals surface area contributed by atoms with Crippen LogP contribution in [0.5, 0.6) is 0 Å². The Bertz CT molecular complexity index is 787. The fourth-order valence-corrected chi connectivity index (χ4v) is 2.65. The summed E-state index contributed by atoms with van der Waals surface area (Å²) in [5, 5.41) is 4.36. The largest absolute Gasteiger partial charge is 0.370 e. The van der Waals surface area contributed by atoms with Gasteiger partial charge < -0.3 is 16.0 Å². The number of nitrogens with zero attached hydrogens (tertiary/aromatic N) is 1. The average Bonchev–Trinajstić information content (AvgIpc) is 2.84. The van der Waals surface area contributed by atoms with Crippen molar-refractivity contribution < 1.29 is 0 Å². The van der Waals surface area contributed by atoms with E-state index in [1.54, 1.807) is 0 Å². The number of aromatic nitrogens is 1. The molecular weight excluding hydrogens is 272 g/mol. The summed E-state index contributed by atoms with van der Waals surface area (Å²) in [6.07, 6.45) is 0.868. The van der Waals surface area contributed by atoms with Crippen LogP contribution in [0.15, 0.2) is 59.6 Å². The van der Waals surface area contributed by atoms with Crippen LogP contribution in [0.2, 0.25) is 0 Å². The summed E-state index contributed by atoms with van der Waals surface area (Å²) >= 11 is 0. The Balaban J connectivity index is 1.66. The molecular formula is C18H20N4. The van der Waals surface area contributed by atoms with Gasteiger partial charge in [0.1, 0.15) is 0 Å². The second kappa shape index (κ2) is 6.35. The van der Waals surface area contributed by atoms with Gasteiger partial charge in [-0.25, -0.2) is 0 Å². The van der Waals surface area contributed by atoms with Crippen molar-refractivity contribution in [3.05, 3.63) is 65.9 Å². The molecule has 0 radical (unpaired) electrons. The van der Waals surface area contributed by atoms with Gasteiger partial charge in [0.2, 0.25) is 0 Å². The molecule has 4 heteroatoms. The van der Waals surface area contributed by atoms with Crippen molar-refractivity contribution in [3.8, 4) is 0 Å². The highest BCUT2D eigenvalue weighted by Gasteiger charge is 2.07. The van der Waals surface area contributed by atoms with Gasteiger partial charge >= 0.3 is 0 Å². The van der Waals surface area contributed by atoms with Crippen molar-refractivity contribution in [1.82, 2.24) is 4.98 Å². The van der Waals surface area contributed by atoms with Crippen LogP contribution in [-0.4, -0.2) is 17.5 Å². The lowest BCUT2D eigenvalue weighted by Crippen LogP contribution is -2.23. The number of aromatic amines is 1. The van der Waals surface area contributed by atoms with Gasteiger partial charge in [-0.2, -0.15) is 0 Å². The highest BCUT2D eigenvalue weighted by molar-refractivity contribution is 5.92. The lowest BCUT2D eigenvalue weighted by atomic mass is 10.1. The zero-order chi connectivity index (χ0) is 15.4. The maximum Gasteiger partial charge on any atom is 0.193 e. The number of H-pyrrole nitrogens is 1. The Kier molecular flexibility index (Phi) is 4.10. The first-order valence-electron chi connectivity index (χ1n) is 7.42. The number of hydrogen-bond acceptors (Lipinski definition) is 1. The molecule has 0 aliphatic heterocycles. The number of aliphatic imine (C=N–C) groups is 1.